The lowest BCUT2D eigenvalue weighted by atomic mass is 10.3. The number of hydrazine groups is 1. The van der Waals surface area contributed by atoms with E-state index in [0.29, 0.717) is 0 Å². The van der Waals surface area contributed by atoms with E-state index < -0.39 is 0 Å². The summed E-state index contributed by atoms with van der Waals surface area (Å²) in [5, 5.41) is 10.1. The van der Waals surface area contributed by atoms with Crippen LogP contribution >= 0.6 is 11.8 Å². The largest absolute Gasteiger partial charge is 0.314 e. The second kappa shape index (κ2) is 4.84. The van der Waals surface area contributed by atoms with Crippen molar-refractivity contribution in [1.29, 1.82) is 0 Å². The monoisotopic (exact) mass is 215 g/mol. The Hall–Kier alpha value is 0.230. The van der Waals surface area contributed by atoms with Gasteiger partial charge in [0.1, 0.15) is 0 Å². The van der Waals surface area contributed by atoms with Gasteiger partial charge in [-0.05, 0) is 0 Å². The lowest BCUT2D eigenvalue weighted by molar-refractivity contribution is -0.0347. The van der Waals surface area contributed by atoms with E-state index in [-0.39, 0.29) is 0 Å². The van der Waals surface area contributed by atoms with Crippen LogP contribution in [0.3, 0.4) is 0 Å². The molecule has 2 aliphatic rings. The third kappa shape index (κ3) is 2.63. The van der Waals surface area contributed by atoms with E-state index in [1.807, 2.05) is 0 Å². The Morgan fingerprint density at radius 3 is 2.14 bits per heavy atom. The topological polar surface area (TPSA) is 18.5 Å². The van der Waals surface area contributed by atoms with Crippen molar-refractivity contribution in [3.63, 3.8) is 0 Å². The van der Waals surface area contributed by atoms with E-state index in [1.54, 1.807) is 0 Å². The fourth-order valence-corrected chi connectivity index (χ4v) is 3.63. The van der Waals surface area contributed by atoms with E-state index in [9.17, 15) is 0 Å². The van der Waals surface area contributed by atoms with Crippen LogP contribution in [0.2, 0.25) is 0 Å². The average molecular weight is 215 g/mol. The van der Waals surface area contributed by atoms with Crippen molar-refractivity contribution in [2.45, 2.75) is 24.3 Å². The summed E-state index contributed by atoms with van der Waals surface area (Å²) in [5.74, 6) is 0. The average Bonchev–Trinajstić information content (AvgIpc) is 2.18. The van der Waals surface area contributed by atoms with Crippen molar-refractivity contribution in [2.75, 3.05) is 39.3 Å². The molecule has 0 radical (unpaired) electrons. The van der Waals surface area contributed by atoms with Gasteiger partial charge in [0.2, 0.25) is 0 Å². The Bertz CT molecular complexity index is 172. The van der Waals surface area contributed by atoms with E-state index >= 15 is 0 Å². The van der Waals surface area contributed by atoms with Crippen molar-refractivity contribution in [1.82, 2.24) is 15.3 Å². The van der Waals surface area contributed by atoms with E-state index in [1.165, 1.54) is 26.2 Å². The summed E-state index contributed by atoms with van der Waals surface area (Å²) in [6.45, 7) is 11.8. The molecule has 0 spiro atoms. The lowest BCUT2D eigenvalue weighted by Crippen LogP contribution is -2.56. The fourth-order valence-electron chi connectivity index (χ4n) is 2.32. The maximum atomic E-state index is 3.40. The summed E-state index contributed by atoms with van der Waals surface area (Å²) >= 11 is 2.12. The Morgan fingerprint density at radius 1 is 1.00 bits per heavy atom. The second-order valence-electron chi connectivity index (χ2n) is 4.33. The van der Waals surface area contributed by atoms with Gasteiger partial charge in [0.05, 0.1) is 0 Å². The van der Waals surface area contributed by atoms with Crippen LogP contribution in [-0.2, 0) is 0 Å². The Kier molecular flexibility index (Phi) is 3.71. The molecule has 82 valence electrons. The van der Waals surface area contributed by atoms with Gasteiger partial charge in [-0.3, -0.25) is 0 Å². The Labute approximate surface area is 91.2 Å². The van der Waals surface area contributed by atoms with Crippen molar-refractivity contribution in [2.24, 2.45) is 0 Å². The third-order valence-electron chi connectivity index (χ3n) is 2.89. The van der Waals surface area contributed by atoms with Gasteiger partial charge in [-0.1, -0.05) is 13.8 Å². The van der Waals surface area contributed by atoms with Crippen LogP contribution in [0.5, 0.6) is 0 Å². The van der Waals surface area contributed by atoms with Crippen LogP contribution in [0.4, 0.5) is 0 Å². The van der Waals surface area contributed by atoms with Crippen molar-refractivity contribution < 1.29 is 0 Å². The summed E-state index contributed by atoms with van der Waals surface area (Å²) < 4.78 is 0. The van der Waals surface area contributed by atoms with Gasteiger partial charge in [0, 0.05) is 49.8 Å². The molecule has 4 heteroatoms. The molecular formula is C10H21N3S. The van der Waals surface area contributed by atoms with Crippen LogP contribution < -0.4 is 5.32 Å². The Morgan fingerprint density at radius 2 is 1.57 bits per heavy atom. The number of piperazine rings is 1. The molecule has 0 aliphatic carbocycles. The second-order valence-corrected chi connectivity index (χ2v) is 6.21. The van der Waals surface area contributed by atoms with E-state index in [4.69, 9.17) is 0 Å². The van der Waals surface area contributed by atoms with Gasteiger partial charge >= 0.3 is 0 Å². The van der Waals surface area contributed by atoms with Gasteiger partial charge in [-0.15, -0.1) is 0 Å². The first-order valence-electron chi connectivity index (χ1n) is 5.61. The van der Waals surface area contributed by atoms with Gasteiger partial charge in [0.25, 0.3) is 0 Å². The highest BCUT2D eigenvalue weighted by atomic mass is 32.2. The number of nitrogens with zero attached hydrogens (tertiary/aromatic N) is 2. The van der Waals surface area contributed by atoms with Crippen LogP contribution in [0.1, 0.15) is 13.8 Å². The summed E-state index contributed by atoms with van der Waals surface area (Å²) in [6, 6.07) is 0. The van der Waals surface area contributed by atoms with Crippen LogP contribution in [-0.4, -0.2) is 59.8 Å². The highest BCUT2D eigenvalue weighted by molar-refractivity contribution is 8.00. The SMILES string of the molecule is CC1CN(N2CCNCC2)CC(C)S1. The van der Waals surface area contributed by atoms with Gasteiger partial charge in [-0.25, -0.2) is 10.0 Å². The molecule has 2 unspecified atom stereocenters. The summed E-state index contributed by atoms with van der Waals surface area (Å²) in [7, 11) is 0. The zero-order valence-electron chi connectivity index (χ0n) is 9.20. The highest BCUT2D eigenvalue weighted by Gasteiger charge is 2.26. The highest BCUT2D eigenvalue weighted by Crippen LogP contribution is 2.25. The molecule has 2 rings (SSSR count). The number of thioether (sulfide) groups is 1. The first kappa shape index (κ1) is 10.7. The number of nitrogens with one attached hydrogen (secondary N) is 1. The maximum Gasteiger partial charge on any atom is 0.0259 e. The molecule has 0 saturated carbocycles. The maximum absolute atomic E-state index is 3.40. The number of rotatable bonds is 1. The standard InChI is InChI=1S/C10H21N3S/c1-9-7-13(8-10(2)14-9)12-5-3-11-4-6-12/h9-11H,3-8H2,1-2H3. The molecule has 0 amide bonds. The smallest absolute Gasteiger partial charge is 0.0259 e. The molecular weight excluding hydrogens is 194 g/mol. The summed E-state index contributed by atoms with van der Waals surface area (Å²) in [5.41, 5.74) is 0. The Balaban J connectivity index is 1.88. The minimum absolute atomic E-state index is 0.786. The van der Waals surface area contributed by atoms with Crippen LogP contribution in [0, 0.1) is 0 Å². The van der Waals surface area contributed by atoms with E-state index in [0.717, 1.165) is 23.6 Å². The van der Waals surface area contributed by atoms with Crippen LogP contribution in [0.25, 0.3) is 0 Å². The molecule has 2 aliphatic heterocycles. The van der Waals surface area contributed by atoms with E-state index in [2.05, 4.69) is 40.9 Å². The third-order valence-corrected chi connectivity index (χ3v) is 4.12. The zero-order chi connectivity index (χ0) is 9.97. The molecule has 0 bridgehead atoms. The van der Waals surface area contributed by atoms with Gasteiger partial charge in [0.15, 0.2) is 0 Å². The summed E-state index contributed by atoms with van der Waals surface area (Å²) in [4.78, 5) is 0. The predicted molar refractivity (Wildman–Crippen MR) is 62.5 cm³/mol. The van der Waals surface area contributed by atoms with Gasteiger partial charge < -0.3 is 5.32 Å². The molecule has 0 aromatic carbocycles. The van der Waals surface area contributed by atoms with Crippen molar-refractivity contribution in [3.8, 4) is 0 Å². The molecule has 2 fully saturated rings. The zero-order valence-corrected chi connectivity index (χ0v) is 10.0. The fraction of sp³-hybridized carbons (Fsp3) is 1.00. The number of hydrogen-bond acceptors (Lipinski definition) is 4. The minimum atomic E-state index is 0.786. The lowest BCUT2D eigenvalue weighted by Gasteiger charge is -2.43. The molecule has 1 N–H and O–H groups in total. The normalized spacial score (nSPS) is 37.3. The van der Waals surface area contributed by atoms with Crippen LogP contribution in [0.15, 0.2) is 0 Å². The first-order valence-corrected chi connectivity index (χ1v) is 6.56. The predicted octanol–water partition coefficient (Wildman–Crippen LogP) is 0.632. The van der Waals surface area contributed by atoms with Gasteiger partial charge in [-0.2, -0.15) is 11.8 Å². The molecule has 0 aromatic heterocycles. The molecule has 14 heavy (non-hydrogen) atoms. The minimum Gasteiger partial charge on any atom is -0.314 e. The first-order chi connectivity index (χ1) is 6.75. The molecule has 3 nitrogen and oxygen atoms in total. The molecule has 0 aromatic rings. The van der Waals surface area contributed by atoms with Crippen molar-refractivity contribution in [3.05, 3.63) is 0 Å². The molecule has 2 saturated heterocycles. The quantitative estimate of drug-likeness (QED) is 0.691. The van der Waals surface area contributed by atoms with Crippen molar-refractivity contribution >= 4 is 11.8 Å². The summed E-state index contributed by atoms with van der Waals surface area (Å²) in [6.07, 6.45) is 0. The molecule has 2 atom stereocenters. The molecule has 2 heterocycles. The number of hydrogen-bond donors (Lipinski definition) is 1.